The van der Waals surface area contributed by atoms with Gasteiger partial charge in [0.15, 0.2) is 5.15 Å². The fourth-order valence-corrected chi connectivity index (χ4v) is 1.58. The summed E-state index contributed by atoms with van der Waals surface area (Å²) >= 11 is 5.63. The summed E-state index contributed by atoms with van der Waals surface area (Å²) in [6.45, 7) is 2.60. The van der Waals surface area contributed by atoms with E-state index in [9.17, 15) is 4.79 Å². The first-order valence-corrected chi connectivity index (χ1v) is 5.09. The Bertz CT molecular complexity index is 354. The number of carbonyl (C=O) groups is 1. The Morgan fingerprint density at radius 2 is 2.33 bits per heavy atom. The van der Waals surface area contributed by atoms with Gasteiger partial charge in [-0.15, -0.1) is 5.10 Å². The zero-order valence-corrected chi connectivity index (χ0v) is 8.87. The predicted molar refractivity (Wildman–Crippen MR) is 55.3 cm³/mol. The first-order valence-electron chi connectivity index (χ1n) is 4.71. The summed E-state index contributed by atoms with van der Waals surface area (Å²) in [5, 5.41) is 10.8. The van der Waals surface area contributed by atoms with Gasteiger partial charge in [0.05, 0.1) is 12.2 Å². The molecular formula is C9H11ClN4O. The maximum atomic E-state index is 11.1. The topological polar surface area (TPSA) is 58.1 Å². The van der Waals surface area contributed by atoms with Crippen LogP contribution in [0.3, 0.4) is 0 Å². The van der Waals surface area contributed by atoms with Crippen molar-refractivity contribution in [3.8, 4) is 0 Å². The second-order valence-electron chi connectivity index (χ2n) is 3.41. The minimum absolute atomic E-state index is 0.0585. The number of aromatic nitrogens is 2. The molecule has 2 rings (SSSR count). The van der Waals surface area contributed by atoms with E-state index >= 15 is 0 Å². The van der Waals surface area contributed by atoms with Crippen LogP contribution in [-0.2, 0) is 11.3 Å². The van der Waals surface area contributed by atoms with E-state index in [1.807, 2.05) is 11.0 Å². The van der Waals surface area contributed by atoms with E-state index in [-0.39, 0.29) is 5.91 Å². The molecule has 0 atom stereocenters. The zero-order chi connectivity index (χ0) is 10.7. The lowest BCUT2D eigenvalue weighted by molar-refractivity contribution is -0.124. The molecule has 0 aliphatic carbocycles. The number of amides is 1. The quantitative estimate of drug-likeness (QED) is 0.775. The van der Waals surface area contributed by atoms with E-state index in [0.29, 0.717) is 24.8 Å². The Labute approximate surface area is 92.4 Å². The normalized spacial score (nSPS) is 17.5. The number of piperazine rings is 1. The minimum Gasteiger partial charge on any atom is -0.354 e. The minimum atomic E-state index is 0.0585. The molecule has 0 spiro atoms. The van der Waals surface area contributed by atoms with E-state index in [2.05, 4.69) is 15.5 Å². The highest BCUT2D eigenvalue weighted by Crippen LogP contribution is 2.05. The van der Waals surface area contributed by atoms with Gasteiger partial charge in [-0.1, -0.05) is 11.6 Å². The Kier molecular flexibility index (Phi) is 3.13. The van der Waals surface area contributed by atoms with Gasteiger partial charge in [-0.2, -0.15) is 5.10 Å². The van der Waals surface area contributed by atoms with Crippen LogP contribution in [0.5, 0.6) is 0 Å². The smallest absolute Gasteiger partial charge is 0.234 e. The fraction of sp³-hybridized carbons (Fsp3) is 0.444. The molecule has 2 heterocycles. The molecule has 0 bridgehead atoms. The van der Waals surface area contributed by atoms with Crippen LogP contribution < -0.4 is 5.32 Å². The van der Waals surface area contributed by atoms with Crippen molar-refractivity contribution in [3.63, 3.8) is 0 Å². The highest BCUT2D eigenvalue weighted by atomic mass is 35.5. The van der Waals surface area contributed by atoms with E-state index in [1.165, 1.54) is 0 Å². The van der Waals surface area contributed by atoms with E-state index in [0.717, 1.165) is 12.2 Å². The molecule has 0 unspecified atom stereocenters. The number of nitrogens with zero attached hydrogens (tertiary/aromatic N) is 3. The van der Waals surface area contributed by atoms with Crippen molar-refractivity contribution in [1.82, 2.24) is 20.4 Å². The molecular weight excluding hydrogens is 216 g/mol. The van der Waals surface area contributed by atoms with Gasteiger partial charge < -0.3 is 5.32 Å². The first kappa shape index (κ1) is 10.3. The molecule has 1 aromatic heterocycles. The number of hydrogen-bond donors (Lipinski definition) is 1. The number of hydrogen-bond acceptors (Lipinski definition) is 4. The van der Waals surface area contributed by atoms with Gasteiger partial charge >= 0.3 is 0 Å². The van der Waals surface area contributed by atoms with Crippen LogP contribution in [0.25, 0.3) is 0 Å². The molecule has 0 saturated carbocycles. The number of nitrogens with one attached hydrogen (secondary N) is 1. The van der Waals surface area contributed by atoms with Crippen LogP contribution in [0.15, 0.2) is 12.1 Å². The highest BCUT2D eigenvalue weighted by Gasteiger charge is 2.16. The lowest BCUT2D eigenvalue weighted by Crippen LogP contribution is -2.47. The third-order valence-corrected chi connectivity index (χ3v) is 2.39. The van der Waals surface area contributed by atoms with Gasteiger partial charge in [0.1, 0.15) is 0 Å². The molecule has 1 aromatic rings. The van der Waals surface area contributed by atoms with E-state index < -0.39 is 0 Å². The summed E-state index contributed by atoms with van der Waals surface area (Å²) in [7, 11) is 0. The predicted octanol–water partition coefficient (Wildman–Crippen LogP) is 0.0618. The molecule has 0 radical (unpaired) electrons. The van der Waals surface area contributed by atoms with Gasteiger partial charge in [-0.05, 0) is 12.1 Å². The molecule has 1 fully saturated rings. The largest absolute Gasteiger partial charge is 0.354 e. The van der Waals surface area contributed by atoms with Crippen LogP contribution >= 0.6 is 11.6 Å². The van der Waals surface area contributed by atoms with Gasteiger partial charge in [0, 0.05) is 19.6 Å². The highest BCUT2D eigenvalue weighted by molar-refractivity contribution is 6.29. The van der Waals surface area contributed by atoms with Crippen LogP contribution in [0.4, 0.5) is 0 Å². The molecule has 1 amide bonds. The molecule has 1 aliphatic rings. The molecule has 15 heavy (non-hydrogen) atoms. The van der Waals surface area contributed by atoms with Crippen molar-refractivity contribution in [3.05, 3.63) is 23.0 Å². The average molecular weight is 227 g/mol. The molecule has 6 heteroatoms. The summed E-state index contributed by atoms with van der Waals surface area (Å²) in [6.07, 6.45) is 0. The average Bonchev–Trinajstić information content (AvgIpc) is 2.22. The van der Waals surface area contributed by atoms with Crippen molar-refractivity contribution in [2.24, 2.45) is 0 Å². The van der Waals surface area contributed by atoms with Gasteiger partial charge in [-0.25, -0.2) is 0 Å². The zero-order valence-electron chi connectivity index (χ0n) is 8.11. The Hall–Kier alpha value is -1.20. The van der Waals surface area contributed by atoms with Crippen molar-refractivity contribution < 1.29 is 4.79 Å². The van der Waals surface area contributed by atoms with Crippen LogP contribution in [-0.4, -0.2) is 40.6 Å². The van der Waals surface area contributed by atoms with Crippen molar-refractivity contribution in [2.75, 3.05) is 19.6 Å². The second kappa shape index (κ2) is 4.55. The Morgan fingerprint density at radius 1 is 1.47 bits per heavy atom. The Balaban J connectivity index is 1.96. The lowest BCUT2D eigenvalue weighted by Gasteiger charge is -2.25. The number of rotatable bonds is 2. The van der Waals surface area contributed by atoms with E-state index in [4.69, 9.17) is 11.6 Å². The monoisotopic (exact) mass is 226 g/mol. The van der Waals surface area contributed by atoms with Crippen molar-refractivity contribution in [1.29, 1.82) is 0 Å². The number of halogens is 1. The summed E-state index contributed by atoms with van der Waals surface area (Å²) in [5.41, 5.74) is 0.828. The summed E-state index contributed by atoms with van der Waals surface area (Å²) < 4.78 is 0. The fourth-order valence-electron chi connectivity index (χ4n) is 1.48. The van der Waals surface area contributed by atoms with Crippen molar-refractivity contribution >= 4 is 17.5 Å². The van der Waals surface area contributed by atoms with Gasteiger partial charge in [-0.3, -0.25) is 9.69 Å². The standard InChI is InChI=1S/C9H11ClN4O/c10-8-2-1-7(12-13-8)5-14-4-3-11-9(15)6-14/h1-2H,3-6H2,(H,11,15). The maximum absolute atomic E-state index is 11.1. The number of carbonyl (C=O) groups excluding carboxylic acids is 1. The Morgan fingerprint density at radius 3 is 3.00 bits per heavy atom. The first-order chi connectivity index (χ1) is 7.24. The molecule has 5 nitrogen and oxygen atoms in total. The van der Waals surface area contributed by atoms with Crippen LogP contribution in [0, 0.1) is 0 Å². The molecule has 80 valence electrons. The summed E-state index contributed by atoms with van der Waals surface area (Å²) in [6, 6.07) is 3.52. The summed E-state index contributed by atoms with van der Waals surface area (Å²) in [5.74, 6) is 0.0585. The lowest BCUT2D eigenvalue weighted by atomic mass is 10.3. The third kappa shape index (κ3) is 2.87. The van der Waals surface area contributed by atoms with Gasteiger partial charge in [0.25, 0.3) is 0 Å². The maximum Gasteiger partial charge on any atom is 0.234 e. The van der Waals surface area contributed by atoms with Gasteiger partial charge in [0.2, 0.25) is 5.91 Å². The van der Waals surface area contributed by atoms with Crippen molar-refractivity contribution in [2.45, 2.75) is 6.54 Å². The van der Waals surface area contributed by atoms with E-state index in [1.54, 1.807) is 6.07 Å². The SMILES string of the molecule is O=C1CN(Cc2ccc(Cl)nn2)CCN1. The molecule has 0 aromatic carbocycles. The van der Waals surface area contributed by atoms with Crippen LogP contribution in [0.2, 0.25) is 5.15 Å². The molecule has 1 N–H and O–H groups in total. The van der Waals surface area contributed by atoms with Crippen LogP contribution in [0.1, 0.15) is 5.69 Å². The third-order valence-electron chi connectivity index (χ3n) is 2.19. The molecule has 1 saturated heterocycles. The summed E-state index contributed by atoms with van der Waals surface area (Å²) in [4.78, 5) is 13.1. The molecule has 1 aliphatic heterocycles. The second-order valence-corrected chi connectivity index (χ2v) is 3.80.